The molecule has 0 aromatic carbocycles. The lowest BCUT2D eigenvalue weighted by atomic mass is 10.5. The van der Waals surface area contributed by atoms with E-state index in [1.165, 1.54) is 7.11 Å². The molecule has 2 heterocycles. The van der Waals surface area contributed by atoms with Crippen LogP contribution >= 0.6 is 0 Å². The van der Waals surface area contributed by atoms with Crippen LogP contribution in [0.25, 0.3) is 11.2 Å². The Morgan fingerprint density at radius 1 is 1.54 bits per heavy atom. The molecular formula is C7H9N5O. The van der Waals surface area contributed by atoms with E-state index in [9.17, 15) is 0 Å². The zero-order valence-corrected chi connectivity index (χ0v) is 7.35. The van der Waals surface area contributed by atoms with Crippen molar-refractivity contribution in [3.63, 3.8) is 0 Å². The molecule has 2 aromatic rings. The van der Waals surface area contributed by atoms with Crippen molar-refractivity contribution in [2.45, 2.75) is 0 Å². The number of fused-ring (bicyclic) bond motifs is 1. The maximum atomic E-state index is 4.65. The van der Waals surface area contributed by atoms with Crippen molar-refractivity contribution >= 4 is 11.2 Å². The van der Waals surface area contributed by atoms with E-state index in [2.05, 4.69) is 24.9 Å². The van der Waals surface area contributed by atoms with E-state index in [0.717, 1.165) is 11.2 Å². The van der Waals surface area contributed by atoms with Gasteiger partial charge in [0.15, 0.2) is 5.65 Å². The smallest absolute Gasteiger partial charge is 0.220 e. The lowest BCUT2D eigenvalue weighted by molar-refractivity contribution is 0.199. The van der Waals surface area contributed by atoms with Crippen LogP contribution in [0.4, 0.5) is 0 Å². The third kappa shape index (κ3) is 1.16. The minimum Gasteiger partial charge on any atom is -0.397 e. The molecule has 0 saturated carbocycles. The van der Waals surface area contributed by atoms with E-state index in [-0.39, 0.29) is 0 Å². The van der Waals surface area contributed by atoms with Gasteiger partial charge in [-0.25, -0.2) is 9.97 Å². The van der Waals surface area contributed by atoms with Gasteiger partial charge < -0.3 is 14.4 Å². The number of aromatic amines is 1. The fourth-order valence-corrected chi connectivity index (χ4v) is 1.14. The number of nitrogens with zero attached hydrogens (tertiary/aromatic N) is 4. The fourth-order valence-electron chi connectivity index (χ4n) is 1.14. The molecule has 0 amide bonds. The molecule has 2 rings (SSSR count). The van der Waals surface area contributed by atoms with Crippen LogP contribution in [0.3, 0.4) is 0 Å². The zero-order chi connectivity index (χ0) is 9.26. The predicted octanol–water partition coefficient (Wildman–Crippen LogP) is -0.242. The monoisotopic (exact) mass is 179 g/mol. The Balaban J connectivity index is 2.86. The molecule has 0 aliphatic rings. The average molecular weight is 179 g/mol. The van der Waals surface area contributed by atoms with E-state index in [0.29, 0.717) is 5.49 Å². The summed E-state index contributed by atoms with van der Waals surface area (Å²) >= 11 is 0. The Labute approximate surface area is 73.9 Å². The first-order valence-electron chi connectivity index (χ1n) is 3.75. The van der Waals surface area contributed by atoms with Crippen molar-refractivity contribution in [1.29, 1.82) is 0 Å². The van der Waals surface area contributed by atoms with Gasteiger partial charge in [0, 0.05) is 7.05 Å². The fraction of sp³-hybridized carbons (Fsp3) is 0.286. The standard InChI is InChI=1S/C7H9N5O/c1-12-4-10-6(11-13-2)5-7(12)9-3-8-5/h3-4H,1-2H3,(H,8,9)/b11-6-. The summed E-state index contributed by atoms with van der Waals surface area (Å²) in [5, 5.41) is 3.75. The first-order valence-corrected chi connectivity index (χ1v) is 3.75. The number of imidazole rings is 1. The highest BCUT2D eigenvalue weighted by Crippen LogP contribution is 1.99. The molecular weight excluding hydrogens is 170 g/mol. The predicted molar refractivity (Wildman–Crippen MR) is 45.4 cm³/mol. The molecule has 2 aromatic heterocycles. The van der Waals surface area contributed by atoms with Gasteiger partial charge in [-0.3, -0.25) is 0 Å². The number of aryl methyl sites for hydroxylation is 1. The van der Waals surface area contributed by atoms with Gasteiger partial charge in [0.05, 0.1) is 12.7 Å². The maximum absolute atomic E-state index is 4.65. The van der Waals surface area contributed by atoms with E-state index < -0.39 is 0 Å². The number of aromatic nitrogens is 4. The lowest BCUT2D eigenvalue weighted by Crippen LogP contribution is -2.12. The normalized spacial score (nSPS) is 12.3. The molecule has 0 aliphatic carbocycles. The first kappa shape index (κ1) is 7.78. The lowest BCUT2D eigenvalue weighted by Gasteiger charge is -1.97. The highest BCUT2D eigenvalue weighted by atomic mass is 16.6. The summed E-state index contributed by atoms with van der Waals surface area (Å²) < 4.78 is 1.81. The van der Waals surface area contributed by atoms with Gasteiger partial charge in [-0.05, 0) is 0 Å². The second-order valence-corrected chi connectivity index (χ2v) is 2.55. The van der Waals surface area contributed by atoms with Crippen LogP contribution in [0.15, 0.2) is 17.8 Å². The number of hydrogen-bond acceptors (Lipinski definition) is 4. The summed E-state index contributed by atoms with van der Waals surface area (Å²) in [6, 6.07) is 0. The molecule has 0 fully saturated rings. The van der Waals surface area contributed by atoms with Crippen LogP contribution in [0.5, 0.6) is 0 Å². The summed E-state index contributed by atoms with van der Waals surface area (Å²) in [5.74, 6) is 0. The van der Waals surface area contributed by atoms with E-state index in [4.69, 9.17) is 0 Å². The Bertz CT molecular complexity index is 483. The average Bonchev–Trinajstić information content (AvgIpc) is 2.59. The van der Waals surface area contributed by atoms with Crippen LogP contribution in [-0.2, 0) is 11.9 Å². The van der Waals surface area contributed by atoms with Crippen molar-refractivity contribution < 1.29 is 4.84 Å². The summed E-state index contributed by atoms with van der Waals surface area (Å²) in [6.07, 6.45) is 3.24. The van der Waals surface area contributed by atoms with Crippen LogP contribution in [0.2, 0.25) is 0 Å². The molecule has 0 spiro atoms. The van der Waals surface area contributed by atoms with Crippen LogP contribution in [0, 0.1) is 0 Å². The molecule has 68 valence electrons. The van der Waals surface area contributed by atoms with Gasteiger partial charge in [0.2, 0.25) is 5.49 Å². The summed E-state index contributed by atoms with van der Waals surface area (Å²) in [5.41, 5.74) is 2.07. The molecule has 1 N–H and O–H groups in total. The molecule has 0 bridgehead atoms. The van der Waals surface area contributed by atoms with Crippen molar-refractivity contribution in [3.05, 3.63) is 18.1 Å². The van der Waals surface area contributed by atoms with Gasteiger partial charge in [-0.2, -0.15) is 0 Å². The van der Waals surface area contributed by atoms with Crippen LogP contribution in [-0.4, -0.2) is 26.6 Å². The second kappa shape index (κ2) is 2.89. The van der Waals surface area contributed by atoms with Crippen molar-refractivity contribution in [2.75, 3.05) is 7.11 Å². The molecule has 0 unspecified atom stereocenters. The largest absolute Gasteiger partial charge is 0.397 e. The molecule has 6 heteroatoms. The first-order chi connectivity index (χ1) is 6.33. The zero-order valence-electron chi connectivity index (χ0n) is 7.35. The summed E-state index contributed by atoms with van der Waals surface area (Å²) in [4.78, 5) is 15.8. The molecule has 6 nitrogen and oxygen atoms in total. The number of nitrogens with one attached hydrogen (secondary N) is 1. The molecule has 0 aliphatic heterocycles. The highest BCUT2D eigenvalue weighted by molar-refractivity contribution is 5.68. The Kier molecular flexibility index (Phi) is 1.73. The SMILES string of the molecule is CO/N=c1\ncn(C)c2nc[nH]c12. The quantitative estimate of drug-likeness (QED) is 0.614. The molecule has 0 radical (unpaired) electrons. The van der Waals surface area contributed by atoms with E-state index in [1.807, 2.05) is 7.05 Å². The maximum Gasteiger partial charge on any atom is 0.220 e. The summed E-state index contributed by atoms with van der Waals surface area (Å²) in [6.45, 7) is 0. The molecule has 13 heavy (non-hydrogen) atoms. The summed E-state index contributed by atoms with van der Waals surface area (Å²) in [7, 11) is 3.35. The van der Waals surface area contributed by atoms with Crippen molar-refractivity contribution in [2.24, 2.45) is 12.2 Å². The van der Waals surface area contributed by atoms with Crippen molar-refractivity contribution in [1.82, 2.24) is 19.5 Å². The second-order valence-electron chi connectivity index (χ2n) is 2.55. The molecule has 0 atom stereocenters. The van der Waals surface area contributed by atoms with E-state index in [1.54, 1.807) is 17.2 Å². The van der Waals surface area contributed by atoms with Gasteiger partial charge >= 0.3 is 0 Å². The van der Waals surface area contributed by atoms with Crippen LogP contribution < -0.4 is 5.49 Å². The minimum atomic E-state index is 0.508. The van der Waals surface area contributed by atoms with E-state index >= 15 is 0 Å². The Morgan fingerprint density at radius 2 is 2.38 bits per heavy atom. The minimum absolute atomic E-state index is 0.508. The Hall–Kier alpha value is -1.85. The van der Waals surface area contributed by atoms with Gasteiger partial charge in [0.25, 0.3) is 0 Å². The Morgan fingerprint density at radius 3 is 3.15 bits per heavy atom. The number of H-pyrrole nitrogens is 1. The number of hydrogen-bond donors (Lipinski definition) is 1. The number of rotatable bonds is 1. The van der Waals surface area contributed by atoms with Crippen molar-refractivity contribution in [3.8, 4) is 0 Å². The molecule has 0 saturated heterocycles. The van der Waals surface area contributed by atoms with Gasteiger partial charge in [-0.15, -0.1) is 0 Å². The topological polar surface area (TPSA) is 68.1 Å². The third-order valence-corrected chi connectivity index (χ3v) is 1.71. The highest BCUT2D eigenvalue weighted by Gasteiger charge is 2.01. The van der Waals surface area contributed by atoms with Gasteiger partial charge in [0.1, 0.15) is 12.6 Å². The van der Waals surface area contributed by atoms with Gasteiger partial charge in [-0.1, -0.05) is 5.16 Å². The van der Waals surface area contributed by atoms with Crippen LogP contribution in [0.1, 0.15) is 0 Å². The third-order valence-electron chi connectivity index (χ3n) is 1.71.